The number of hydrogen-bond donors (Lipinski definition) is 2. The largest absolute Gasteiger partial charge is 0.497 e. The molecular weight excluding hydrogens is 308 g/mol. The number of amides is 1. The van der Waals surface area contributed by atoms with Gasteiger partial charge in [-0.2, -0.15) is 0 Å². The SMILES string of the molecule is COc1ccc2oc(CNc3ccc4c(c3)OCC(=O)N4)cc2c1. The number of ether oxygens (including phenoxy) is 2. The van der Waals surface area contributed by atoms with Crippen molar-refractivity contribution in [2.45, 2.75) is 6.54 Å². The van der Waals surface area contributed by atoms with Gasteiger partial charge in [0.15, 0.2) is 6.61 Å². The van der Waals surface area contributed by atoms with Gasteiger partial charge in [-0.1, -0.05) is 0 Å². The van der Waals surface area contributed by atoms with E-state index in [1.165, 1.54) is 0 Å². The summed E-state index contributed by atoms with van der Waals surface area (Å²) >= 11 is 0. The van der Waals surface area contributed by atoms with Crippen LogP contribution in [0.4, 0.5) is 11.4 Å². The summed E-state index contributed by atoms with van der Waals surface area (Å²) in [7, 11) is 1.64. The van der Waals surface area contributed by atoms with Gasteiger partial charge in [0.25, 0.3) is 5.91 Å². The number of furan rings is 1. The maximum atomic E-state index is 11.3. The normalized spacial score (nSPS) is 13.1. The summed E-state index contributed by atoms with van der Waals surface area (Å²) in [6.07, 6.45) is 0. The van der Waals surface area contributed by atoms with Crippen LogP contribution in [-0.4, -0.2) is 19.6 Å². The Morgan fingerprint density at radius 1 is 1.21 bits per heavy atom. The topological polar surface area (TPSA) is 72.7 Å². The van der Waals surface area contributed by atoms with Crippen LogP contribution >= 0.6 is 0 Å². The number of fused-ring (bicyclic) bond motifs is 2. The molecule has 0 spiro atoms. The van der Waals surface area contributed by atoms with Crippen molar-refractivity contribution in [3.05, 3.63) is 48.2 Å². The van der Waals surface area contributed by atoms with E-state index < -0.39 is 0 Å². The van der Waals surface area contributed by atoms with E-state index in [1.54, 1.807) is 7.11 Å². The minimum Gasteiger partial charge on any atom is -0.497 e. The summed E-state index contributed by atoms with van der Waals surface area (Å²) in [5.41, 5.74) is 2.40. The van der Waals surface area contributed by atoms with E-state index in [-0.39, 0.29) is 12.5 Å². The van der Waals surface area contributed by atoms with Crippen molar-refractivity contribution in [2.24, 2.45) is 0 Å². The molecule has 0 bridgehead atoms. The van der Waals surface area contributed by atoms with Gasteiger partial charge in [0.2, 0.25) is 0 Å². The van der Waals surface area contributed by atoms with Crippen LogP contribution in [0.15, 0.2) is 46.9 Å². The standard InChI is InChI=1S/C18H16N2O4/c1-22-13-3-5-16-11(6-13)7-14(24-16)9-19-12-2-4-15-17(8-12)23-10-18(21)20-15/h2-8,19H,9-10H2,1H3,(H,20,21). The molecule has 4 rings (SSSR count). The molecule has 2 heterocycles. The second-order valence-electron chi connectivity index (χ2n) is 5.52. The first-order chi connectivity index (χ1) is 11.7. The van der Waals surface area contributed by atoms with Crippen LogP contribution < -0.4 is 20.1 Å². The third kappa shape index (κ3) is 2.74. The number of benzene rings is 2. The highest BCUT2D eigenvalue weighted by Gasteiger charge is 2.16. The van der Waals surface area contributed by atoms with Crippen LogP contribution in [0, 0.1) is 0 Å². The molecule has 0 unspecified atom stereocenters. The second-order valence-corrected chi connectivity index (χ2v) is 5.52. The second kappa shape index (κ2) is 5.81. The molecule has 1 aromatic heterocycles. The Kier molecular flexibility index (Phi) is 3.49. The van der Waals surface area contributed by atoms with Crippen LogP contribution in [0.1, 0.15) is 5.76 Å². The van der Waals surface area contributed by atoms with Crippen molar-refractivity contribution in [3.8, 4) is 11.5 Å². The Labute approximate surface area is 138 Å². The maximum Gasteiger partial charge on any atom is 0.262 e. The van der Waals surface area contributed by atoms with E-state index in [4.69, 9.17) is 13.9 Å². The van der Waals surface area contributed by atoms with Gasteiger partial charge in [-0.15, -0.1) is 0 Å². The molecule has 1 amide bonds. The van der Waals surface area contributed by atoms with Crippen molar-refractivity contribution in [2.75, 3.05) is 24.4 Å². The van der Waals surface area contributed by atoms with Gasteiger partial charge >= 0.3 is 0 Å². The predicted molar refractivity (Wildman–Crippen MR) is 90.7 cm³/mol. The average molecular weight is 324 g/mol. The number of anilines is 2. The fourth-order valence-corrected chi connectivity index (χ4v) is 2.66. The Hall–Kier alpha value is -3.15. The van der Waals surface area contributed by atoms with Gasteiger partial charge < -0.3 is 24.5 Å². The number of hydrogen-bond acceptors (Lipinski definition) is 5. The number of nitrogens with one attached hydrogen (secondary N) is 2. The Morgan fingerprint density at radius 2 is 2.12 bits per heavy atom. The summed E-state index contributed by atoms with van der Waals surface area (Å²) in [6, 6.07) is 13.3. The van der Waals surface area contributed by atoms with Crippen LogP contribution in [0.3, 0.4) is 0 Å². The first kappa shape index (κ1) is 14.4. The molecule has 6 nitrogen and oxygen atoms in total. The highest BCUT2D eigenvalue weighted by Crippen LogP contribution is 2.31. The first-order valence-electron chi connectivity index (χ1n) is 7.58. The lowest BCUT2D eigenvalue weighted by molar-refractivity contribution is -0.118. The zero-order chi connectivity index (χ0) is 16.5. The van der Waals surface area contributed by atoms with Crippen LogP contribution in [-0.2, 0) is 11.3 Å². The fraction of sp³-hybridized carbons (Fsp3) is 0.167. The number of carbonyl (C=O) groups excluding carboxylic acids is 1. The lowest BCUT2D eigenvalue weighted by Gasteiger charge is -2.18. The Morgan fingerprint density at radius 3 is 3.00 bits per heavy atom. The molecule has 0 saturated carbocycles. The third-order valence-electron chi connectivity index (χ3n) is 3.86. The highest BCUT2D eigenvalue weighted by molar-refractivity contribution is 5.95. The minimum absolute atomic E-state index is 0.0435. The van der Waals surface area contributed by atoms with E-state index in [1.807, 2.05) is 42.5 Å². The molecule has 1 aliphatic heterocycles. The van der Waals surface area contributed by atoms with Gasteiger partial charge in [-0.25, -0.2) is 0 Å². The van der Waals surface area contributed by atoms with Crippen molar-refractivity contribution < 1.29 is 18.7 Å². The van der Waals surface area contributed by atoms with Crippen molar-refractivity contribution >= 4 is 28.3 Å². The molecule has 24 heavy (non-hydrogen) atoms. The zero-order valence-corrected chi connectivity index (χ0v) is 13.1. The average Bonchev–Trinajstić information content (AvgIpc) is 3.01. The van der Waals surface area contributed by atoms with Gasteiger partial charge in [0.05, 0.1) is 19.3 Å². The summed E-state index contributed by atoms with van der Waals surface area (Å²) in [5, 5.41) is 7.06. The molecule has 122 valence electrons. The molecule has 2 aromatic carbocycles. The van der Waals surface area contributed by atoms with Crippen LogP contribution in [0.5, 0.6) is 11.5 Å². The van der Waals surface area contributed by atoms with E-state index in [0.717, 1.165) is 28.2 Å². The zero-order valence-electron chi connectivity index (χ0n) is 13.1. The van der Waals surface area contributed by atoms with E-state index in [9.17, 15) is 4.79 Å². The molecule has 3 aromatic rings. The number of rotatable bonds is 4. The first-order valence-corrected chi connectivity index (χ1v) is 7.58. The molecule has 1 aliphatic rings. The molecule has 2 N–H and O–H groups in total. The maximum absolute atomic E-state index is 11.3. The quantitative estimate of drug-likeness (QED) is 0.769. The number of methoxy groups -OCH3 is 1. The van der Waals surface area contributed by atoms with E-state index >= 15 is 0 Å². The number of carbonyl (C=O) groups is 1. The van der Waals surface area contributed by atoms with Crippen molar-refractivity contribution in [3.63, 3.8) is 0 Å². The molecule has 0 atom stereocenters. The smallest absolute Gasteiger partial charge is 0.262 e. The van der Waals surface area contributed by atoms with Gasteiger partial charge in [0, 0.05) is 17.1 Å². The van der Waals surface area contributed by atoms with Gasteiger partial charge in [0.1, 0.15) is 22.8 Å². The fourth-order valence-electron chi connectivity index (χ4n) is 2.66. The molecular formula is C18H16N2O4. The molecule has 0 fully saturated rings. The summed E-state index contributed by atoms with van der Waals surface area (Å²) in [5.74, 6) is 2.15. The van der Waals surface area contributed by atoms with Crippen molar-refractivity contribution in [1.82, 2.24) is 0 Å². The predicted octanol–water partition coefficient (Wildman–Crippen LogP) is 3.38. The summed E-state index contributed by atoms with van der Waals surface area (Å²) in [4.78, 5) is 11.3. The summed E-state index contributed by atoms with van der Waals surface area (Å²) in [6.45, 7) is 0.587. The Balaban J connectivity index is 1.49. The Bertz CT molecular complexity index is 917. The lowest BCUT2D eigenvalue weighted by atomic mass is 10.2. The molecule has 6 heteroatoms. The monoisotopic (exact) mass is 324 g/mol. The summed E-state index contributed by atoms with van der Waals surface area (Å²) < 4.78 is 16.4. The van der Waals surface area contributed by atoms with E-state index in [2.05, 4.69) is 10.6 Å². The molecule has 0 saturated heterocycles. The molecule has 0 radical (unpaired) electrons. The van der Waals surface area contributed by atoms with Crippen LogP contribution in [0.2, 0.25) is 0 Å². The third-order valence-corrected chi connectivity index (χ3v) is 3.86. The van der Waals surface area contributed by atoms with Gasteiger partial charge in [-0.3, -0.25) is 4.79 Å². The van der Waals surface area contributed by atoms with Crippen molar-refractivity contribution in [1.29, 1.82) is 0 Å². The lowest BCUT2D eigenvalue weighted by Crippen LogP contribution is -2.25. The van der Waals surface area contributed by atoms with E-state index in [0.29, 0.717) is 18.0 Å². The highest BCUT2D eigenvalue weighted by atomic mass is 16.5. The van der Waals surface area contributed by atoms with Crippen LogP contribution in [0.25, 0.3) is 11.0 Å². The minimum atomic E-state index is -0.138. The molecule has 0 aliphatic carbocycles. The van der Waals surface area contributed by atoms with Gasteiger partial charge in [-0.05, 0) is 36.4 Å².